The van der Waals surface area contributed by atoms with Crippen molar-refractivity contribution >= 4 is 11.6 Å². The van der Waals surface area contributed by atoms with Gasteiger partial charge in [0.05, 0.1) is 6.42 Å². The van der Waals surface area contributed by atoms with Crippen molar-refractivity contribution in [1.29, 1.82) is 0 Å². The highest BCUT2D eigenvalue weighted by molar-refractivity contribution is 6.12. The Bertz CT molecular complexity index is 286. The van der Waals surface area contributed by atoms with Crippen molar-refractivity contribution in [3.63, 3.8) is 0 Å². The number of hydrogen-bond acceptors (Lipinski definition) is 6. The molecule has 0 amide bonds. The highest BCUT2D eigenvalue weighted by Crippen LogP contribution is 2.22. The SMILES string of the molecule is O=C1CC(O)(O)C(=O)C(O)=C1O. The summed E-state index contributed by atoms with van der Waals surface area (Å²) in [4.78, 5) is 21.3. The predicted octanol–water partition coefficient (Wildman–Crippen LogP) is -1.46. The maximum atomic E-state index is 10.7. The molecule has 0 heterocycles. The Kier molecular flexibility index (Phi) is 1.66. The molecular weight excluding hydrogens is 168 g/mol. The van der Waals surface area contributed by atoms with Gasteiger partial charge in [0.2, 0.25) is 23.1 Å². The highest BCUT2D eigenvalue weighted by atomic mass is 16.5. The Labute approximate surface area is 66.4 Å². The lowest BCUT2D eigenvalue weighted by Crippen LogP contribution is -2.45. The second-order valence-electron chi connectivity index (χ2n) is 2.44. The van der Waals surface area contributed by atoms with E-state index in [4.69, 9.17) is 20.4 Å². The fourth-order valence-corrected chi connectivity index (χ4v) is 0.817. The van der Waals surface area contributed by atoms with Gasteiger partial charge in [-0.25, -0.2) is 0 Å². The van der Waals surface area contributed by atoms with E-state index in [0.717, 1.165) is 0 Å². The summed E-state index contributed by atoms with van der Waals surface area (Å²) in [5.74, 6) is -7.89. The third-order valence-corrected chi connectivity index (χ3v) is 1.47. The number of allylic oxidation sites excluding steroid dienone is 1. The number of carbonyl (C=O) groups is 2. The van der Waals surface area contributed by atoms with Gasteiger partial charge in [-0.05, 0) is 0 Å². The molecule has 0 aliphatic heterocycles. The molecule has 0 unspecified atom stereocenters. The van der Waals surface area contributed by atoms with Crippen LogP contribution in [0.2, 0.25) is 0 Å². The van der Waals surface area contributed by atoms with Gasteiger partial charge in [0, 0.05) is 0 Å². The van der Waals surface area contributed by atoms with Crippen LogP contribution in [0.3, 0.4) is 0 Å². The number of ketones is 2. The Morgan fingerprint density at radius 1 is 1.08 bits per heavy atom. The minimum Gasteiger partial charge on any atom is -0.502 e. The quantitative estimate of drug-likeness (QED) is 0.333. The number of aliphatic hydroxyl groups excluding tert-OH is 2. The summed E-state index contributed by atoms with van der Waals surface area (Å²) >= 11 is 0. The average Bonchev–Trinajstić information content (AvgIpc) is 1.97. The summed E-state index contributed by atoms with van der Waals surface area (Å²) < 4.78 is 0. The maximum absolute atomic E-state index is 10.7. The van der Waals surface area contributed by atoms with E-state index in [2.05, 4.69) is 0 Å². The molecule has 66 valence electrons. The first kappa shape index (κ1) is 8.69. The van der Waals surface area contributed by atoms with Gasteiger partial charge in [0.25, 0.3) is 5.78 Å². The molecular formula is C6H6O6. The van der Waals surface area contributed by atoms with E-state index in [1.807, 2.05) is 0 Å². The second kappa shape index (κ2) is 2.29. The van der Waals surface area contributed by atoms with Gasteiger partial charge in [0.1, 0.15) is 0 Å². The normalized spacial score (nSPS) is 23.2. The fourth-order valence-electron chi connectivity index (χ4n) is 0.817. The van der Waals surface area contributed by atoms with Crippen LogP contribution < -0.4 is 0 Å². The minimum absolute atomic E-state index is 0.943. The van der Waals surface area contributed by atoms with Gasteiger partial charge >= 0.3 is 0 Å². The van der Waals surface area contributed by atoms with Gasteiger partial charge in [-0.15, -0.1) is 0 Å². The lowest BCUT2D eigenvalue weighted by molar-refractivity contribution is -0.187. The zero-order valence-corrected chi connectivity index (χ0v) is 5.81. The monoisotopic (exact) mass is 174 g/mol. The summed E-state index contributed by atoms with van der Waals surface area (Å²) in [6, 6.07) is 0. The molecule has 12 heavy (non-hydrogen) atoms. The van der Waals surface area contributed by atoms with Crippen molar-refractivity contribution in [1.82, 2.24) is 0 Å². The van der Waals surface area contributed by atoms with Crippen molar-refractivity contribution in [2.45, 2.75) is 12.2 Å². The average molecular weight is 174 g/mol. The predicted molar refractivity (Wildman–Crippen MR) is 34.1 cm³/mol. The number of Topliss-reactive ketones (excluding diaryl/α,β-unsaturated/α-hetero) is 2. The van der Waals surface area contributed by atoms with E-state index in [1.165, 1.54) is 0 Å². The molecule has 0 atom stereocenters. The minimum atomic E-state index is -2.90. The molecule has 0 aromatic heterocycles. The molecule has 1 rings (SSSR count). The number of rotatable bonds is 0. The molecule has 4 N–H and O–H groups in total. The van der Waals surface area contributed by atoms with Gasteiger partial charge < -0.3 is 20.4 Å². The number of aliphatic hydroxyl groups is 4. The van der Waals surface area contributed by atoms with E-state index in [-0.39, 0.29) is 0 Å². The van der Waals surface area contributed by atoms with Crippen LogP contribution in [0.4, 0.5) is 0 Å². The fraction of sp³-hybridized carbons (Fsp3) is 0.333. The van der Waals surface area contributed by atoms with Gasteiger partial charge in [-0.2, -0.15) is 0 Å². The highest BCUT2D eigenvalue weighted by Gasteiger charge is 2.45. The van der Waals surface area contributed by atoms with Crippen LogP contribution in [0.15, 0.2) is 11.5 Å². The lowest BCUT2D eigenvalue weighted by atomic mass is 9.95. The van der Waals surface area contributed by atoms with Crippen LogP contribution in [-0.4, -0.2) is 37.8 Å². The Morgan fingerprint density at radius 3 is 2.08 bits per heavy atom. The first-order chi connectivity index (χ1) is 5.36. The molecule has 0 radical (unpaired) electrons. The smallest absolute Gasteiger partial charge is 0.260 e. The summed E-state index contributed by atoms with van der Waals surface area (Å²) in [5.41, 5.74) is 0. The second-order valence-corrected chi connectivity index (χ2v) is 2.44. The maximum Gasteiger partial charge on any atom is 0.260 e. The van der Waals surface area contributed by atoms with Crippen LogP contribution in [-0.2, 0) is 9.59 Å². The molecule has 0 aromatic rings. The van der Waals surface area contributed by atoms with E-state index in [9.17, 15) is 9.59 Å². The largest absolute Gasteiger partial charge is 0.502 e. The molecule has 0 spiro atoms. The molecule has 6 heteroatoms. The first-order valence-electron chi connectivity index (χ1n) is 3.01. The molecule has 1 aliphatic carbocycles. The molecule has 0 saturated heterocycles. The third-order valence-electron chi connectivity index (χ3n) is 1.47. The van der Waals surface area contributed by atoms with E-state index in [1.54, 1.807) is 0 Å². The standard InChI is InChI=1S/C6H6O6/c7-2-1-6(11,12)5(10)4(9)3(2)8/h8-9,11-12H,1H2. The van der Waals surface area contributed by atoms with Crippen LogP contribution in [0.1, 0.15) is 6.42 Å². The van der Waals surface area contributed by atoms with Gasteiger partial charge in [0.15, 0.2) is 0 Å². The Morgan fingerprint density at radius 2 is 1.58 bits per heavy atom. The molecule has 6 nitrogen and oxygen atoms in total. The summed E-state index contributed by atoms with van der Waals surface area (Å²) in [5, 5.41) is 34.9. The number of carbonyl (C=O) groups excluding carboxylic acids is 2. The van der Waals surface area contributed by atoms with Crippen LogP contribution >= 0.6 is 0 Å². The van der Waals surface area contributed by atoms with Gasteiger partial charge in [-0.1, -0.05) is 0 Å². The van der Waals surface area contributed by atoms with E-state index in [0.29, 0.717) is 0 Å². The number of hydrogen-bond donors (Lipinski definition) is 4. The van der Waals surface area contributed by atoms with Crippen molar-refractivity contribution < 1.29 is 30.0 Å². The summed E-state index contributed by atoms with van der Waals surface area (Å²) in [6.07, 6.45) is -0.943. The molecule has 0 saturated carbocycles. The summed E-state index contributed by atoms with van der Waals surface area (Å²) in [6.45, 7) is 0. The summed E-state index contributed by atoms with van der Waals surface area (Å²) in [7, 11) is 0. The Hall–Kier alpha value is -1.40. The Balaban J connectivity index is 3.19. The molecule has 0 bridgehead atoms. The van der Waals surface area contributed by atoms with Gasteiger partial charge in [-0.3, -0.25) is 9.59 Å². The van der Waals surface area contributed by atoms with Crippen molar-refractivity contribution in [3.8, 4) is 0 Å². The molecule has 0 fully saturated rings. The topological polar surface area (TPSA) is 115 Å². The van der Waals surface area contributed by atoms with E-state index >= 15 is 0 Å². The van der Waals surface area contributed by atoms with E-state index < -0.39 is 35.3 Å². The van der Waals surface area contributed by atoms with Crippen molar-refractivity contribution in [2.75, 3.05) is 0 Å². The zero-order valence-electron chi connectivity index (χ0n) is 5.81. The zero-order chi connectivity index (χ0) is 9.52. The van der Waals surface area contributed by atoms with Crippen LogP contribution in [0.5, 0.6) is 0 Å². The third kappa shape index (κ3) is 1.06. The van der Waals surface area contributed by atoms with Crippen LogP contribution in [0.25, 0.3) is 0 Å². The van der Waals surface area contributed by atoms with Crippen molar-refractivity contribution in [3.05, 3.63) is 11.5 Å². The van der Waals surface area contributed by atoms with Crippen molar-refractivity contribution in [2.24, 2.45) is 0 Å². The van der Waals surface area contributed by atoms with Crippen LogP contribution in [0, 0.1) is 0 Å². The lowest BCUT2D eigenvalue weighted by Gasteiger charge is -2.22. The molecule has 1 aliphatic rings. The first-order valence-corrected chi connectivity index (χ1v) is 3.01. The molecule has 0 aromatic carbocycles.